The number of hydrogen-bond donors (Lipinski definition) is 1. The van der Waals surface area contributed by atoms with Crippen LogP contribution in [0.25, 0.3) is 0 Å². The van der Waals surface area contributed by atoms with Crippen molar-refractivity contribution in [3.8, 4) is 0 Å². The molecular weight excluding hydrogens is 250 g/mol. The van der Waals surface area contributed by atoms with Gasteiger partial charge in [0.1, 0.15) is 0 Å². The minimum atomic E-state index is 0.306. The van der Waals surface area contributed by atoms with Crippen LogP contribution in [-0.2, 0) is 9.47 Å². The Morgan fingerprint density at radius 3 is 2.50 bits per heavy atom. The maximum Gasteiger partial charge on any atom is 0.0658 e. The fraction of sp³-hybridized carbons (Fsp3) is 1.00. The topological polar surface area (TPSA) is 30.5 Å². The van der Waals surface area contributed by atoms with Crippen LogP contribution in [0, 0.1) is 5.41 Å². The standard InChI is InChI=1S/C17H33NO2/c1-4-17(3)15(13-16(17)19-5-2)18-11-12-20-14-9-7-6-8-10-14/h14-16,18H,4-13H2,1-3H3. The molecule has 3 heteroatoms. The van der Waals surface area contributed by atoms with E-state index in [0.29, 0.717) is 23.7 Å². The molecule has 2 rings (SSSR count). The molecule has 0 amide bonds. The van der Waals surface area contributed by atoms with Gasteiger partial charge in [0.05, 0.1) is 18.8 Å². The Morgan fingerprint density at radius 2 is 1.85 bits per heavy atom. The first-order chi connectivity index (χ1) is 9.70. The molecule has 2 saturated carbocycles. The van der Waals surface area contributed by atoms with E-state index in [0.717, 1.165) is 26.2 Å². The summed E-state index contributed by atoms with van der Waals surface area (Å²) in [5, 5.41) is 3.68. The minimum Gasteiger partial charge on any atom is -0.378 e. The normalized spacial score (nSPS) is 35.0. The van der Waals surface area contributed by atoms with Crippen LogP contribution < -0.4 is 5.32 Å². The van der Waals surface area contributed by atoms with Crippen LogP contribution in [0.15, 0.2) is 0 Å². The lowest BCUT2D eigenvalue weighted by Gasteiger charge is -2.53. The van der Waals surface area contributed by atoms with Crippen LogP contribution in [-0.4, -0.2) is 38.0 Å². The van der Waals surface area contributed by atoms with Crippen LogP contribution in [0.5, 0.6) is 0 Å². The quantitative estimate of drug-likeness (QED) is 0.691. The Bertz CT molecular complexity index is 278. The maximum atomic E-state index is 5.98. The molecule has 0 aliphatic heterocycles. The Hall–Kier alpha value is -0.120. The lowest BCUT2D eigenvalue weighted by molar-refractivity contribution is -0.126. The van der Waals surface area contributed by atoms with Gasteiger partial charge in [-0.3, -0.25) is 0 Å². The van der Waals surface area contributed by atoms with Crippen molar-refractivity contribution < 1.29 is 9.47 Å². The Kier molecular flexibility index (Phi) is 6.31. The molecule has 3 atom stereocenters. The Balaban J connectivity index is 1.62. The third-order valence-corrected chi connectivity index (χ3v) is 5.51. The molecule has 20 heavy (non-hydrogen) atoms. The summed E-state index contributed by atoms with van der Waals surface area (Å²) in [4.78, 5) is 0. The van der Waals surface area contributed by atoms with E-state index in [2.05, 4.69) is 26.1 Å². The third kappa shape index (κ3) is 3.75. The van der Waals surface area contributed by atoms with Gasteiger partial charge in [0.2, 0.25) is 0 Å². The molecule has 0 aromatic rings. The van der Waals surface area contributed by atoms with Crippen molar-refractivity contribution in [3.05, 3.63) is 0 Å². The van der Waals surface area contributed by atoms with Gasteiger partial charge < -0.3 is 14.8 Å². The van der Waals surface area contributed by atoms with Crippen LogP contribution in [0.4, 0.5) is 0 Å². The van der Waals surface area contributed by atoms with E-state index in [1.807, 2.05) is 0 Å². The van der Waals surface area contributed by atoms with Gasteiger partial charge in [-0.15, -0.1) is 0 Å². The molecule has 1 N–H and O–H groups in total. The molecule has 2 fully saturated rings. The van der Waals surface area contributed by atoms with E-state index < -0.39 is 0 Å². The van der Waals surface area contributed by atoms with Crippen LogP contribution >= 0.6 is 0 Å². The summed E-state index contributed by atoms with van der Waals surface area (Å²) in [5.41, 5.74) is 0.306. The maximum absolute atomic E-state index is 5.98. The summed E-state index contributed by atoms with van der Waals surface area (Å²) in [6.45, 7) is 9.40. The largest absolute Gasteiger partial charge is 0.378 e. The zero-order chi connectivity index (χ0) is 14.4. The molecule has 3 unspecified atom stereocenters. The fourth-order valence-corrected chi connectivity index (χ4v) is 3.76. The summed E-state index contributed by atoms with van der Waals surface area (Å²) < 4.78 is 11.8. The predicted molar refractivity (Wildman–Crippen MR) is 83.0 cm³/mol. The fourth-order valence-electron chi connectivity index (χ4n) is 3.76. The van der Waals surface area contributed by atoms with Crippen LogP contribution in [0.3, 0.4) is 0 Å². The van der Waals surface area contributed by atoms with E-state index in [1.165, 1.54) is 38.5 Å². The minimum absolute atomic E-state index is 0.306. The van der Waals surface area contributed by atoms with Gasteiger partial charge in [0.25, 0.3) is 0 Å². The zero-order valence-electron chi connectivity index (χ0n) is 13.6. The van der Waals surface area contributed by atoms with Crippen LogP contribution in [0.2, 0.25) is 0 Å². The third-order valence-electron chi connectivity index (χ3n) is 5.51. The lowest BCUT2D eigenvalue weighted by Crippen LogP contribution is -2.62. The molecule has 0 aromatic heterocycles. The molecule has 118 valence electrons. The molecular formula is C17H33NO2. The van der Waals surface area contributed by atoms with Crippen molar-refractivity contribution >= 4 is 0 Å². The average Bonchev–Trinajstić information content (AvgIpc) is 2.49. The first-order valence-corrected chi connectivity index (χ1v) is 8.67. The first kappa shape index (κ1) is 16.3. The Labute approximate surface area is 124 Å². The number of ether oxygens (including phenoxy) is 2. The van der Waals surface area contributed by atoms with Crippen LogP contribution in [0.1, 0.15) is 65.7 Å². The average molecular weight is 283 g/mol. The molecule has 0 bridgehead atoms. The van der Waals surface area contributed by atoms with Crippen molar-refractivity contribution in [1.29, 1.82) is 0 Å². The number of rotatable bonds is 8. The Morgan fingerprint density at radius 1 is 1.10 bits per heavy atom. The summed E-state index contributed by atoms with van der Waals surface area (Å²) in [7, 11) is 0. The number of hydrogen-bond acceptors (Lipinski definition) is 3. The van der Waals surface area contributed by atoms with Gasteiger partial charge in [-0.2, -0.15) is 0 Å². The zero-order valence-corrected chi connectivity index (χ0v) is 13.6. The monoisotopic (exact) mass is 283 g/mol. The smallest absolute Gasteiger partial charge is 0.0658 e. The molecule has 2 aliphatic rings. The molecule has 0 heterocycles. The van der Waals surface area contributed by atoms with Crippen molar-refractivity contribution in [3.63, 3.8) is 0 Å². The second-order valence-electron chi connectivity index (χ2n) is 6.68. The van der Waals surface area contributed by atoms with Gasteiger partial charge in [-0.05, 0) is 32.6 Å². The molecule has 2 aliphatic carbocycles. The highest BCUT2D eigenvalue weighted by Crippen LogP contribution is 2.45. The molecule has 0 radical (unpaired) electrons. The number of nitrogens with one attached hydrogen (secondary N) is 1. The van der Waals surface area contributed by atoms with Crippen molar-refractivity contribution in [1.82, 2.24) is 5.32 Å². The van der Waals surface area contributed by atoms with Crippen molar-refractivity contribution in [2.24, 2.45) is 5.41 Å². The summed E-state index contributed by atoms with van der Waals surface area (Å²) in [6.07, 6.45) is 9.93. The highest BCUT2D eigenvalue weighted by molar-refractivity contribution is 5.04. The van der Waals surface area contributed by atoms with E-state index >= 15 is 0 Å². The summed E-state index contributed by atoms with van der Waals surface area (Å²) in [5.74, 6) is 0. The SMILES string of the molecule is CCOC1CC(NCCOC2CCCCC2)C1(C)CC. The summed E-state index contributed by atoms with van der Waals surface area (Å²) >= 11 is 0. The second kappa shape index (κ2) is 7.77. The lowest BCUT2D eigenvalue weighted by atomic mass is 9.61. The van der Waals surface area contributed by atoms with Crippen molar-refractivity contribution in [2.45, 2.75) is 84.0 Å². The molecule has 0 saturated heterocycles. The molecule has 0 aromatic carbocycles. The van der Waals surface area contributed by atoms with E-state index in [-0.39, 0.29) is 0 Å². The highest BCUT2D eigenvalue weighted by Gasteiger charge is 2.50. The van der Waals surface area contributed by atoms with Gasteiger partial charge in [0.15, 0.2) is 0 Å². The second-order valence-corrected chi connectivity index (χ2v) is 6.68. The van der Waals surface area contributed by atoms with E-state index in [9.17, 15) is 0 Å². The van der Waals surface area contributed by atoms with E-state index in [1.54, 1.807) is 0 Å². The van der Waals surface area contributed by atoms with E-state index in [4.69, 9.17) is 9.47 Å². The molecule has 0 spiro atoms. The predicted octanol–water partition coefficient (Wildman–Crippen LogP) is 3.52. The van der Waals surface area contributed by atoms with Crippen molar-refractivity contribution in [2.75, 3.05) is 19.8 Å². The first-order valence-electron chi connectivity index (χ1n) is 8.67. The molecule has 3 nitrogen and oxygen atoms in total. The summed E-state index contributed by atoms with van der Waals surface area (Å²) in [6, 6.07) is 0.596. The van der Waals surface area contributed by atoms with Gasteiger partial charge in [-0.25, -0.2) is 0 Å². The highest BCUT2D eigenvalue weighted by atomic mass is 16.5. The van der Waals surface area contributed by atoms with Gasteiger partial charge in [-0.1, -0.05) is 33.1 Å². The van der Waals surface area contributed by atoms with Gasteiger partial charge in [0, 0.05) is 24.6 Å². The van der Waals surface area contributed by atoms with Gasteiger partial charge >= 0.3 is 0 Å².